The molecule has 1 aliphatic heterocycles. The summed E-state index contributed by atoms with van der Waals surface area (Å²) in [4.78, 5) is 37.3. The van der Waals surface area contributed by atoms with Gasteiger partial charge in [-0.3, -0.25) is 19.7 Å². The van der Waals surface area contributed by atoms with Gasteiger partial charge >= 0.3 is 5.97 Å². The first kappa shape index (κ1) is 18.2. The molecule has 24 heavy (non-hydrogen) atoms. The molecule has 0 aliphatic carbocycles. The van der Waals surface area contributed by atoms with Crippen LogP contribution < -0.4 is 10.6 Å². The molecule has 1 heterocycles. The quantitative estimate of drug-likeness (QED) is 0.603. The Morgan fingerprint density at radius 2 is 2.25 bits per heavy atom. The van der Waals surface area contributed by atoms with Crippen LogP contribution in [-0.2, 0) is 14.3 Å². The standard InChI is InChI=1S/C15H16ClN3O4S/c1-23-12(20)8-11-14(22)17-5-6-19(11)15(24)18-13(21)9-3-2-4-10(16)7-9/h2-4,7,11H,5-6,8H2,1H3,(H,17,22)(H,18,21,24). The lowest BCUT2D eigenvalue weighted by molar-refractivity contribution is -0.144. The molecule has 1 fully saturated rings. The smallest absolute Gasteiger partial charge is 0.308 e. The van der Waals surface area contributed by atoms with E-state index >= 15 is 0 Å². The zero-order valence-electron chi connectivity index (χ0n) is 12.9. The molecule has 0 saturated carbocycles. The van der Waals surface area contributed by atoms with Crippen LogP contribution in [0.1, 0.15) is 16.8 Å². The van der Waals surface area contributed by atoms with Crippen molar-refractivity contribution in [2.45, 2.75) is 12.5 Å². The van der Waals surface area contributed by atoms with Crippen LogP contribution in [0.2, 0.25) is 5.02 Å². The van der Waals surface area contributed by atoms with Crippen LogP contribution in [0.4, 0.5) is 0 Å². The van der Waals surface area contributed by atoms with Gasteiger partial charge < -0.3 is 15.0 Å². The summed E-state index contributed by atoms with van der Waals surface area (Å²) in [5.41, 5.74) is 0.343. The third-order valence-corrected chi connectivity index (χ3v) is 4.06. The van der Waals surface area contributed by atoms with Crippen molar-refractivity contribution in [2.75, 3.05) is 20.2 Å². The van der Waals surface area contributed by atoms with Gasteiger partial charge in [-0.15, -0.1) is 0 Å². The Labute approximate surface area is 149 Å². The van der Waals surface area contributed by atoms with E-state index < -0.39 is 17.9 Å². The molecule has 0 spiro atoms. The van der Waals surface area contributed by atoms with Crippen molar-refractivity contribution in [1.29, 1.82) is 0 Å². The number of piperazine rings is 1. The molecule has 0 bridgehead atoms. The number of hydrogen-bond acceptors (Lipinski definition) is 5. The molecule has 128 valence electrons. The molecule has 1 aliphatic rings. The van der Waals surface area contributed by atoms with E-state index in [0.29, 0.717) is 23.7 Å². The van der Waals surface area contributed by atoms with Gasteiger partial charge in [-0.05, 0) is 30.4 Å². The second kappa shape index (κ2) is 8.07. The van der Waals surface area contributed by atoms with Crippen molar-refractivity contribution in [2.24, 2.45) is 0 Å². The van der Waals surface area contributed by atoms with E-state index in [9.17, 15) is 14.4 Å². The largest absolute Gasteiger partial charge is 0.469 e. The van der Waals surface area contributed by atoms with Crippen LogP contribution in [0.3, 0.4) is 0 Å². The number of rotatable bonds is 3. The Balaban J connectivity index is 2.09. The summed E-state index contributed by atoms with van der Waals surface area (Å²) in [5.74, 6) is -1.32. The van der Waals surface area contributed by atoms with Crippen molar-refractivity contribution < 1.29 is 19.1 Å². The minimum Gasteiger partial charge on any atom is -0.469 e. The number of carbonyl (C=O) groups excluding carboxylic acids is 3. The SMILES string of the molecule is COC(=O)CC1C(=O)NCCN1C(=S)NC(=O)c1cccc(Cl)c1. The Kier molecular flexibility index (Phi) is 6.10. The molecule has 2 N–H and O–H groups in total. The summed E-state index contributed by atoms with van der Waals surface area (Å²) in [6, 6.07) is 5.58. The number of thiocarbonyl (C=S) groups is 1. The number of ether oxygens (including phenoxy) is 1. The maximum atomic E-state index is 12.2. The molecule has 2 rings (SSSR count). The normalized spacial score (nSPS) is 17.0. The van der Waals surface area contributed by atoms with E-state index in [1.807, 2.05) is 0 Å². The van der Waals surface area contributed by atoms with Crippen LogP contribution >= 0.6 is 23.8 Å². The third kappa shape index (κ3) is 4.42. The molecule has 1 aromatic carbocycles. The average molecular weight is 370 g/mol. The maximum absolute atomic E-state index is 12.2. The van der Waals surface area contributed by atoms with Gasteiger partial charge in [0, 0.05) is 23.7 Å². The van der Waals surface area contributed by atoms with Gasteiger partial charge in [0.25, 0.3) is 5.91 Å². The molecular weight excluding hydrogens is 354 g/mol. The molecule has 0 aromatic heterocycles. The second-order valence-corrected chi connectivity index (χ2v) is 5.87. The van der Waals surface area contributed by atoms with Gasteiger partial charge in [-0.25, -0.2) is 0 Å². The molecule has 1 atom stereocenters. The fraction of sp³-hybridized carbons (Fsp3) is 0.333. The molecule has 1 unspecified atom stereocenters. The first-order valence-corrected chi connectivity index (χ1v) is 7.93. The average Bonchev–Trinajstić information content (AvgIpc) is 2.56. The number of nitrogens with one attached hydrogen (secondary N) is 2. The molecule has 1 aromatic rings. The van der Waals surface area contributed by atoms with Crippen molar-refractivity contribution in [3.05, 3.63) is 34.9 Å². The monoisotopic (exact) mass is 369 g/mol. The van der Waals surface area contributed by atoms with E-state index in [-0.39, 0.29) is 17.4 Å². The fourth-order valence-electron chi connectivity index (χ4n) is 2.27. The molecule has 2 amide bonds. The van der Waals surface area contributed by atoms with Crippen LogP contribution in [0.15, 0.2) is 24.3 Å². The second-order valence-electron chi connectivity index (χ2n) is 5.05. The topological polar surface area (TPSA) is 87.7 Å². The van der Waals surface area contributed by atoms with Gasteiger partial charge in [0.05, 0.1) is 13.5 Å². The Morgan fingerprint density at radius 1 is 1.50 bits per heavy atom. The van der Waals surface area contributed by atoms with Crippen LogP contribution in [-0.4, -0.2) is 54.0 Å². The minimum atomic E-state index is -0.821. The number of methoxy groups -OCH3 is 1. The lowest BCUT2D eigenvalue weighted by Crippen LogP contribution is -2.60. The van der Waals surface area contributed by atoms with Gasteiger partial charge in [0.1, 0.15) is 6.04 Å². The van der Waals surface area contributed by atoms with Gasteiger partial charge in [-0.2, -0.15) is 0 Å². The van der Waals surface area contributed by atoms with Gasteiger partial charge in [-0.1, -0.05) is 17.7 Å². The number of hydrogen-bond donors (Lipinski definition) is 2. The molecule has 0 radical (unpaired) electrons. The Bertz CT molecular complexity index is 682. The number of esters is 1. The molecule has 7 nitrogen and oxygen atoms in total. The lowest BCUT2D eigenvalue weighted by Gasteiger charge is -2.36. The number of benzene rings is 1. The van der Waals surface area contributed by atoms with Crippen LogP contribution in [0.5, 0.6) is 0 Å². The zero-order valence-corrected chi connectivity index (χ0v) is 14.4. The summed E-state index contributed by atoms with van der Waals surface area (Å²) >= 11 is 11.1. The minimum absolute atomic E-state index is 0.0729. The number of nitrogens with zero attached hydrogens (tertiary/aromatic N) is 1. The number of carbonyl (C=O) groups is 3. The lowest BCUT2D eigenvalue weighted by atomic mass is 10.1. The highest BCUT2D eigenvalue weighted by Gasteiger charge is 2.34. The zero-order chi connectivity index (χ0) is 17.7. The van der Waals surface area contributed by atoms with Crippen LogP contribution in [0, 0.1) is 0 Å². The highest BCUT2D eigenvalue weighted by Crippen LogP contribution is 2.13. The number of amides is 2. The van der Waals surface area contributed by atoms with E-state index in [2.05, 4.69) is 15.4 Å². The van der Waals surface area contributed by atoms with Crippen molar-refractivity contribution in [3.63, 3.8) is 0 Å². The van der Waals surface area contributed by atoms with E-state index in [1.54, 1.807) is 18.2 Å². The molecule has 9 heteroatoms. The Morgan fingerprint density at radius 3 is 2.92 bits per heavy atom. The maximum Gasteiger partial charge on any atom is 0.308 e. The summed E-state index contributed by atoms with van der Waals surface area (Å²) < 4.78 is 4.60. The summed E-state index contributed by atoms with van der Waals surface area (Å²) in [5, 5.41) is 5.72. The molecular formula is C15H16ClN3O4S. The predicted octanol–water partition coefficient (Wildman–Crippen LogP) is 0.718. The van der Waals surface area contributed by atoms with Crippen LogP contribution in [0.25, 0.3) is 0 Å². The fourth-order valence-corrected chi connectivity index (χ4v) is 2.77. The van der Waals surface area contributed by atoms with Crippen molar-refractivity contribution >= 4 is 46.7 Å². The summed E-state index contributed by atoms with van der Waals surface area (Å²) in [6.45, 7) is 0.742. The highest BCUT2D eigenvalue weighted by molar-refractivity contribution is 7.80. The summed E-state index contributed by atoms with van der Waals surface area (Å²) in [6.07, 6.45) is -0.157. The van der Waals surface area contributed by atoms with Crippen molar-refractivity contribution in [1.82, 2.24) is 15.5 Å². The highest BCUT2D eigenvalue weighted by atomic mass is 35.5. The van der Waals surface area contributed by atoms with Gasteiger partial charge in [0.15, 0.2) is 5.11 Å². The Hall–Kier alpha value is -2.19. The van der Waals surface area contributed by atoms with Gasteiger partial charge in [0.2, 0.25) is 5.91 Å². The van der Waals surface area contributed by atoms with E-state index in [1.165, 1.54) is 18.1 Å². The third-order valence-electron chi connectivity index (χ3n) is 3.49. The van der Waals surface area contributed by atoms with E-state index in [4.69, 9.17) is 23.8 Å². The summed E-state index contributed by atoms with van der Waals surface area (Å²) in [7, 11) is 1.24. The van der Waals surface area contributed by atoms with Crippen molar-refractivity contribution in [3.8, 4) is 0 Å². The first-order valence-electron chi connectivity index (χ1n) is 7.14. The van der Waals surface area contributed by atoms with E-state index in [0.717, 1.165) is 0 Å². The number of halogens is 1. The molecule has 1 saturated heterocycles. The first-order chi connectivity index (χ1) is 11.4. The predicted molar refractivity (Wildman–Crippen MR) is 91.7 cm³/mol.